The number of rotatable bonds is 7. The minimum absolute atomic E-state index is 0.0555. The molecule has 3 heterocycles. The van der Waals surface area contributed by atoms with E-state index in [0.717, 1.165) is 100 Å². The van der Waals surface area contributed by atoms with Gasteiger partial charge in [0.05, 0.1) is 40.3 Å². The first-order valence-electron chi connectivity index (χ1n) is 26.2. The van der Waals surface area contributed by atoms with Gasteiger partial charge >= 0.3 is 0 Å². The van der Waals surface area contributed by atoms with Crippen molar-refractivity contribution in [2.24, 2.45) is 0 Å². The molecule has 0 aliphatic heterocycles. The van der Waals surface area contributed by atoms with Crippen molar-refractivity contribution >= 4 is 32.8 Å². The Hall–Kier alpha value is -8.80. The lowest BCUT2D eigenvalue weighted by atomic mass is 9.80. The maximum absolute atomic E-state index is 9.09. The van der Waals surface area contributed by atoms with Crippen molar-refractivity contribution in [3.05, 3.63) is 247 Å². The topological polar surface area (TPSA) is 35.9 Å². The molecule has 0 saturated carbocycles. The summed E-state index contributed by atoms with van der Waals surface area (Å²) in [6, 6.07) is 63.2. The number of fused-ring (bicyclic) bond motifs is 12. The number of aromatic nitrogens is 4. The predicted molar refractivity (Wildman–Crippen MR) is 286 cm³/mol. The first-order chi connectivity index (χ1) is 36.4. The van der Waals surface area contributed by atoms with Crippen LogP contribution in [0.3, 0.4) is 0 Å². The quantitative estimate of drug-likeness (QED) is 0.118. The molecule has 1 aliphatic rings. The second-order valence-electron chi connectivity index (χ2n) is 19.0. The highest BCUT2D eigenvalue weighted by atomic mass is 16.5. The van der Waals surface area contributed by atoms with Crippen molar-refractivity contribution in [1.29, 1.82) is 0 Å². The summed E-state index contributed by atoms with van der Waals surface area (Å²) in [5.74, 6) is 2.16. The van der Waals surface area contributed by atoms with Gasteiger partial charge in [0.15, 0.2) is 0 Å². The molecule has 0 bridgehead atoms. The van der Waals surface area contributed by atoms with Crippen LogP contribution in [0.1, 0.15) is 44.3 Å². The number of nitrogens with zero attached hydrogens (tertiary/aromatic N) is 4. The van der Waals surface area contributed by atoms with E-state index in [2.05, 4.69) is 177 Å². The minimum Gasteiger partial charge on any atom is -0.458 e. The van der Waals surface area contributed by atoms with Gasteiger partial charge in [-0.05, 0) is 128 Å². The van der Waals surface area contributed by atoms with Crippen molar-refractivity contribution in [3.63, 3.8) is 0 Å². The van der Waals surface area contributed by atoms with E-state index in [-0.39, 0.29) is 41.6 Å². The number of benzene rings is 9. The van der Waals surface area contributed by atoms with Crippen LogP contribution in [-0.2, 0) is 11.8 Å². The van der Waals surface area contributed by atoms with Crippen LogP contribution in [0.25, 0.3) is 94.5 Å². The molecule has 0 atom stereocenters. The smallest absolute Gasteiger partial charge is 0.269 e. The summed E-state index contributed by atoms with van der Waals surface area (Å²) in [6.45, 7) is 6.64. The summed E-state index contributed by atoms with van der Waals surface area (Å²) in [6.07, 6.45) is 5.69. The standard InChI is InChI=1S/C65H48N4O/c1-65(2,3)45-34-35-66-64(38-45)69-59-29-14-13-28-55(59)56-33-32-48(40-63(56)69)70-47-21-17-20-46(39-47)67-42-68(61-31-16-15-30-60(61)67)62-41-58-54-27-12-10-25-52(54)50-23-8-7-22-49(50)51-24-9-11-26-53(51)57(58)37-44(62)36-43-18-5-4-6-19-43/h4-35,37-41H,36H2,1-3H3/i4D,5D,6D,18D,19D. The monoisotopic (exact) mass is 905 g/mol. The minimum atomic E-state index is -0.420. The molecule has 0 saturated heterocycles. The van der Waals surface area contributed by atoms with Crippen LogP contribution in [0.5, 0.6) is 11.5 Å². The third-order valence-electron chi connectivity index (χ3n) is 13.7. The van der Waals surface area contributed by atoms with Gasteiger partial charge in [0, 0.05) is 23.0 Å². The Bertz CT molecular complexity index is 4290. The maximum Gasteiger partial charge on any atom is 0.269 e. The van der Waals surface area contributed by atoms with Gasteiger partial charge in [-0.1, -0.05) is 178 Å². The summed E-state index contributed by atoms with van der Waals surface area (Å²) in [7, 11) is 0. The van der Waals surface area contributed by atoms with Gasteiger partial charge in [-0.15, -0.1) is 0 Å². The summed E-state index contributed by atoms with van der Waals surface area (Å²) in [5.41, 5.74) is 15.9. The molecule has 0 fully saturated rings. The fraction of sp³-hybridized carbons (Fsp3) is 0.0769. The van der Waals surface area contributed by atoms with E-state index in [4.69, 9.17) is 16.6 Å². The van der Waals surface area contributed by atoms with Gasteiger partial charge < -0.3 is 4.74 Å². The van der Waals surface area contributed by atoms with Gasteiger partial charge in [-0.3, -0.25) is 13.7 Å². The number of hydrogen-bond donors (Lipinski definition) is 0. The van der Waals surface area contributed by atoms with Crippen molar-refractivity contribution in [1.82, 2.24) is 14.1 Å². The molecular weight excluding hydrogens is 853 g/mol. The van der Waals surface area contributed by atoms with E-state index in [1.165, 1.54) is 5.56 Å². The summed E-state index contributed by atoms with van der Waals surface area (Å²) in [4.78, 5) is 4.88. The summed E-state index contributed by atoms with van der Waals surface area (Å²) in [5, 5.41) is 2.23. The normalized spacial score (nSPS) is 13.0. The van der Waals surface area contributed by atoms with Crippen molar-refractivity contribution in [2.75, 3.05) is 0 Å². The average molecular weight is 906 g/mol. The van der Waals surface area contributed by atoms with Crippen LogP contribution in [0.4, 0.5) is 0 Å². The Kier molecular flexibility index (Phi) is 8.53. The molecular formula is C65H48N4O. The second kappa shape index (κ2) is 16.5. The third kappa shape index (κ3) is 7.00. The van der Waals surface area contributed by atoms with Crippen LogP contribution in [0, 0.1) is 6.33 Å². The molecule has 0 radical (unpaired) electrons. The molecule has 3 aromatic heterocycles. The summed E-state index contributed by atoms with van der Waals surface area (Å²) >= 11 is 0. The molecule has 9 aromatic carbocycles. The lowest BCUT2D eigenvalue weighted by Crippen LogP contribution is -2.31. The molecule has 0 amide bonds. The largest absolute Gasteiger partial charge is 0.458 e. The highest BCUT2D eigenvalue weighted by molar-refractivity contribution is 6.09. The van der Waals surface area contributed by atoms with Crippen LogP contribution in [-0.4, -0.2) is 14.1 Å². The Morgan fingerprint density at radius 1 is 0.543 bits per heavy atom. The fourth-order valence-corrected chi connectivity index (χ4v) is 10.4. The van der Waals surface area contributed by atoms with E-state index < -0.39 is 6.04 Å². The van der Waals surface area contributed by atoms with Gasteiger partial charge in [-0.2, -0.15) is 0 Å². The highest BCUT2D eigenvalue weighted by Crippen LogP contribution is 2.48. The van der Waals surface area contributed by atoms with E-state index >= 15 is 0 Å². The molecule has 5 heteroatoms. The van der Waals surface area contributed by atoms with E-state index in [0.29, 0.717) is 11.5 Å². The maximum atomic E-state index is 9.09. The Balaban J connectivity index is 0.977. The molecule has 5 nitrogen and oxygen atoms in total. The Morgan fingerprint density at radius 2 is 1.14 bits per heavy atom. The lowest BCUT2D eigenvalue weighted by molar-refractivity contribution is -0.573. The molecule has 0 N–H and O–H groups in total. The third-order valence-corrected chi connectivity index (χ3v) is 13.7. The van der Waals surface area contributed by atoms with Crippen molar-refractivity contribution in [3.8, 4) is 73.2 Å². The zero-order valence-corrected chi connectivity index (χ0v) is 38.9. The molecule has 334 valence electrons. The van der Waals surface area contributed by atoms with Crippen LogP contribution in [0.15, 0.2) is 224 Å². The molecule has 70 heavy (non-hydrogen) atoms. The van der Waals surface area contributed by atoms with Crippen LogP contribution >= 0.6 is 0 Å². The van der Waals surface area contributed by atoms with Crippen LogP contribution in [0.2, 0.25) is 0 Å². The molecule has 0 spiro atoms. The average Bonchev–Trinajstić information content (AvgIpc) is 4.05. The molecule has 1 aliphatic carbocycles. The number of hydrogen-bond acceptors (Lipinski definition) is 2. The SMILES string of the molecule is [2H]c1c([2H])c([2H])c(Cc2cc3c(cc2-[n+]2[c-]n(-c4cccc(Oc5ccc6c7ccccc7n(-c7cc(C(C)(C)C)ccn7)c6c5)c4)c4ccccc42)-c2ccccc2-c2ccccc2-c2ccccc2-3)c([2H])c1[2H]. The van der Waals surface area contributed by atoms with Gasteiger partial charge in [-0.25, -0.2) is 4.98 Å². The Morgan fingerprint density at radius 3 is 1.84 bits per heavy atom. The summed E-state index contributed by atoms with van der Waals surface area (Å²) < 4.78 is 57.0. The Labute approximate surface area is 414 Å². The predicted octanol–water partition coefficient (Wildman–Crippen LogP) is 15.9. The highest BCUT2D eigenvalue weighted by Gasteiger charge is 2.25. The number of ether oxygens (including phenoxy) is 1. The van der Waals surface area contributed by atoms with Crippen LogP contribution < -0.4 is 9.30 Å². The first-order valence-corrected chi connectivity index (χ1v) is 23.7. The van der Waals surface area contributed by atoms with Gasteiger partial charge in [0.2, 0.25) is 0 Å². The second-order valence-corrected chi connectivity index (χ2v) is 19.0. The van der Waals surface area contributed by atoms with Crippen molar-refractivity contribution in [2.45, 2.75) is 32.6 Å². The van der Waals surface area contributed by atoms with Gasteiger partial charge in [0.1, 0.15) is 17.3 Å². The number of imidazole rings is 1. The van der Waals surface area contributed by atoms with E-state index in [9.17, 15) is 0 Å². The zero-order chi connectivity index (χ0) is 51.3. The van der Waals surface area contributed by atoms with Gasteiger partial charge in [0.25, 0.3) is 6.33 Å². The van der Waals surface area contributed by atoms with Crippen molar-refractivity contribution < 1.29 is 16.2 Å². The van der Waals surface area contributed by atoms with E-state index in [1.54, 1.807) is 0 Å². The fourth-order valence-electron chi connectivity index (χ4n) is 10.4. The number of pyridine rings is 1. The molecule has 0 unspecified atom stereocenters. The van der Waals surface area contributed by atoms with E-state index in [1.807, 2.05) is 57.8 Å². The molecule has 12 aromatic rings. The molecule has 13 rings (SSSR count). The lowest BCUT2D eigenvalue weighted by Gasteiger charge is -2.25. The zero-order valence-electron chi connectivity index (χ0n) is 43.9. The number of para-hydroxylation sites is 3. The first kappa shape index (κ1) is 36.3.